The first kappa shape index (κ1) is 18.2. The summed E-state index contributed by atoms with van der Waals surface area (Å²) in [7, 11) is 0. The first-order valence-corrected chi connectivity index (χ1v) is 9.12. The van der Waals surface area contributed by atoms with Crippen molar-refractivity contribution in [1.82, 2.24) is 0 Å². The highest BCUT2D eigenvalue weighted by molar-refractivity contribution is 8.03. The van der Waals surface area contributed by atoms with Crippen molar-refractivity contribution in [3.8, 4) is 0 Å². The van der Waals surface area contributed by atoms with E-state index in [4.69, 9.17) is 11.1 Å². The maximum Gasteiger partial charge on any atom is 0.0212 e. The number of nitrogens with two attached hydrogens (primary N) is 1. The summed E-state index contributed by atoms with van der Waals surface area (Å²) in [6.07, 6.45) is 13.6. The van der Waals surface area contributed by atoms with Crippen LogP contribution >= 0.6 is 11.8 Å². The predicted molar refractivity (Wildman–Crippen MR) is 97.1 cm³/mol. The molecule has 0 radical (unpaired) electrons. The summed E-state index contributed by atoms with van der Waals surface area (Å²) < 4.78 is 0. The zero-order chi connectivity index (χ0) is 15.7. The molecule has 0 saturated heterocycles. The van der Waals surface area contributed by atoms with Gasteiger partial charge in [-0.25, -0.2) is 0 Å². The molecule has 0 fully saturated rings. The van der Waals surface area contributed by atoms with Crippen molar-refractivity contribution >= 4 is 18.0 Å². The van der Waals surface area contributed by atoms with Gasteiger partial charge in [-0.05, 0) is 48.8 Å². The van der Waals surface area contributed by atoms with Crippen LogP contribution in [-0.4, -0.2) is 18.0 Å². The molecule has 1 heterocycles. The van der Waals surface area contributed by atoms with Crippen LogP contribution in [0.25, 0.3) is 0 Å². The van der Waals surface area contributed by atoms with Gasteiger partial charge in [0.1, 0.15) is 0 Å². The first-order chi connectivity index (χ1) is 10.1. The van der Waals surface area contributed by atoms with Gasteiger partial charge >= 0.3 is 0 Å². The largest absolute Gasteiger partial charge is 0.328 e. The Morgan fingerprint density at radius 2 is 2.24 bits per heavy atom. The summed E-state index contributed by atoms with van der Waals surface area (Å²) in [5.41, 5.74) is 8.54. The van der Waals surface area contributed by atoms with E-state index >= 15 is 0 Å². The summed E-state index contributed by atoms with van der Waals surface area (Å²) >= 11 is 1.93. The Kier molecular flexibility index (Phi) is 8.70. The molecule has 2 nitrogen and oxygen atoms in total. The molecule has 2 unspecified atom stereocenters. The molecule has 0 aromatic rings. The molecule has 21 heavy (non-hydrogen) atoms. The summed E-state index contributed by atoms with van der Waals surface area (Å²) in [5, 5.41) is 7.75. The van der Waals surface area contributed by atoms with Crippen molar-refractivity contribution in [1.29, 1.82) is 5.41 Å². The van der Waals surface area contributed by atoms with Crippen molar-refractivity contribution in [2.24, 2.45) is 11.7 Å². The Bertz CT molecular complexity index is 421. The highest BCUT2D eigenvalue weighted by Crippen LogP contribution is 2.33. The van der Waals surface area contributed by atoms with Crippen molar-refractivity contribution in [2.75, 3.05) is 5.75 Å². The quantitative estimate of drug-likeness (QED) is 0.461. The van der Waals surface area contributed by atoms with Crippen LogP contribution in [0.2, 0.25) is 0 Å². The standard InChI is InChI=1S/C18H30N2S/c1-4-7-15(18-9-6-10-21-18)12-16(13-19)14(3)11-17(20)8-5-2/h7,9,12-14,17,19H,4-6,8,10-11,20H2,1-3H3/b15-7+,16-12+,19-13?. The molecule has 3 heteroatoms. The smallest absolute Gasteiger partial charge is 0.0212 e. The number of nitrogens with one attached hydrogen (secondary N) is 1. The topological polar surface area (TPSA) is 49.9 Å². The molecule has 0 aromatic heterocycles. The van der Waals surface area contributed by atoms with E-state index in [1.165, 1.54) is 22.4 Å². The third-order valence-corrected chi connectivity index (χ3v) is 4.94. The second-order valence-corrected chi connectivity index (χ2v) is 6.88. The average molecular weight is 307 g/mol. The van der Waals surface area contributed by atoms with Gasteiger partial charge in [-0.1, -0.05) is 39.3 Å². The number of hydrogen-bond acceptors (Lipinski definition) is 3. The second kappa shape index (κ2) is 10.0. The fourth-order valence-electron chi connectivity index (χ4n) is 2.65. The van der Waals surface area contributed by atoms with E-state index in [2.05, 4.69) is 39.0 Å². The Morgan fingerprint density at radius 3 is 2.76 bits per heavy atom. The minimum atomic E-state index is 0.243. The molecule has 2 atom stereocenters. The van der Waals surface area contributed by atoms with Gasteiger partial charge in [0.15, 0.2) is 0 Å². The highest BCUT2D eigenvalue weighted by Gasteiger charge is 2.14. The van der Waals surface area contributed by atoms with E-state index < -0.39 is 0 Å². The lowest BCUT2D eigenvalue weighted by molar-refractivity contribution is 0.492. The third-order valence-electron chi connectivity index (χ3n) is 3.79. The number of allylic oxidation sites excluding steroid dienone is 5. The van der Waals surface area contributed by atoms with Crippen LogP contribution in [-0.2, 0) is 0 Å². The molecule has 0 saturated carbocycles. The van der Waals surface area contributed by atoms with Crippen LogP contribution in [0, 0.1) is 11.3 Å². The molecule has 1 aliphatic heterocycles. The average Bonchev–Trinajstić information content (AvgIpc) is 2.97. The van der Waals surface area contributed by atoms with E-state index in [9.17, 15) is 0 Å². The second-order valence-electron chi connectivity index (χ2n) is 5.75. The Morgan fingerprint density at radius 1 is 1.48 bits per heavy atom. The molecular weight excluding hydrogens is 276 g/mol. The number of rotatable bonds is 9. The van der Waals surface area contributed by atoms with Crippen LogP contribution < -0.4 is 5.73 Å². The van der Waals surface area contributed by atoms with Gasteiger partial charge in [0.05, 0.1) is 0 Å². The van der Waals surface area contributed by atoms with E-state index in [0.29, 0.717) is 5.92 Å². The molecule has 0 bridgehead atoms. The zero-order valence-electron chi connectivity index (χ0n) is 13.7. The van der Waals surface area contributed by atoms with Crippen molar-refractivity contribution < 1.29 is 0 Å². The minimum absolute atomic E-state index is 0.243. The van der Waals surface area contributed by atoms with E-state index in [-0.39, 0.29) is 6.04 Å². The van der Waals surface area contributed by atoms with Crippen LogP contribution in [0.15, 0.2) is 34.3 Å². The predicted octanol–water partition coefficient (Wildman–Crippen LogP) is 5.07. The fourth-order valence-corrected chi connectivity index (χ4v) is 3.65. The van der Waals surface area contributed by atoms with Crippen LogP contribution in [0.3, 0.4) is 0 Å². The molecule has 118 valence electrons. The maximum atomic E-state index is 7.75. The molecule has 0 aliphatic carbocycles. The molecule has 0 amide bonds. The summed E-state index contributed by atoms with van der Waals surface area (Å²) in [5.74, 6) is 1.53. The lowest BCUT2D eigenvalue weighted by atomic mass is 9.91. The van der Waals surface area contributed by atoms with E-state index in [0.717, 1.165) is 37.7 Å². The van der Waals surface area contributed by atoms with Crippen LogP contribution in [0.1, 0.15) is 52.9 Å². The Labute approximate surface area is 134 Å². The van der Waals surface area contributed by atoms with Crippen LogP contribution in [0.4, 0.5) is 0 Å². The van der Waals surface area contributed by atoms with Crippen LogP contribution in [0.5, 0.6) is 0 Å². The van der Waals surface area contributed by atoms with Crippen molar-refractivity contribution in [3.63, 3.8) is 0 Å². The SMILES string of the molecule is CC/C=C(\C=C(/C=N)C(C)CC(N)CCC)C1=CCCS1. The highest BCUT2D eigenvalue weighted by atomic mass is 32.2. The van der Waals surface area contributed by atoms with E-state index in [1.54, 1.807) is 0 Å². The molecule has 1 rings (SSSR count). The van der Waals surface area contributed by atoms with Gasteiger partial charge in [0, 0.05) is 22.9 Å². The van der Waals surface area contributed by atoms with Gasteiger partial charge in [-0.2, -0.15) is 0 Å². The molecule has 0 spiro atoms. The minimum Gasteiger partial charge on any atom is -0.328 e. The van der Waals surface area contributed by atoms with Gasteiger partial charge < -0.3 is 11.1 Å². The number of hydrogen-bond donors (Lipinski definition) is 2. The Hall–Kier alpha value is -0.800. The lowest BCUT2D eigenvalue weighted by Crippen LogP contribution is -2.23. The van der Waals surface area contributed by atoms with Gasteiger partial charge in [0.2, 0.25) is 0 Å². The number of thioether (sulfide) groups is 1. The molecule has 3 N–H and O–H groups in total. The Balaban J connectivity index is 2.84. The fraction of sp³-hybridized carbons (Fsp3) is 0.611. The summed E-state index contributed by atoms with van der Waals surface area (Å²) in [6, 6.07) is 0.243. The molecule has 0 aromatic carbocycles. The van der Waals surface area contributed by atoms with Crippen molar-refractivity contribution in [3.05, 3.63) is 34.3 Å². The normalized spacial score (nSPS) is 19.3. The maximum absolute atomic E-state index is 7.75. The molecular formula is C18H30N2S. The van der Waals surface area contributed by atoms with Crippen molar-refractivity contribution in [2.45, 2.75) is 58.9 Å². The summed E-state index contributed by atoms with van der Waals surface area (Å²) in [6.45, 7) is 6.52. The summed E-state index contributed by atoms with van der Waals surface area (Å²) in [4.78, 5) is 1.38. The van der Waals surface area contributed by atoms with Gasteiger partial charge in [-0.15, -0.1) is 11.8 Å². The zero-order valence-corrected chi connectivity index (χ0v) is 14.5. The first-order valence-electron chi connectivity index (χ1n) is 8.13. The van der Waals surface area contributed by atoms with E-state index in [1.807, 2.05) is 11.8 Å². The van der Waals surface area contributed by atoms with Gasteiger partial charge in [0.25, 0.3) is 0 Å². The molecule has 1 aliphatic rings. The third kappa shape index (κ3) is 6.23. The monoisotopic (exact) mass is 306 g/mol. The lowest BCUT2D eigenvalue weighted by Gasteiger charge is -2.18. The van der Waals surface area contributed by atoms with Gasteiger partial charge in [-0.3, -0.25) is 0 Å².